The van der Waals surface area contributed by atoms with Gasteiger partial charge in [0.15, 0.2) is 5.78 Å². The summed E-state index contributed by atoms with van der Waals surface area (Å²) in [7, 11) is 0. The molecule has 15 heavy (non-hydrogen) atoms. The Labute approximate surface area is 91.1 Å². The van der Waals surface area contributed by atoms with Crippen molar-refractivity contribution in [3.63, 3.8) is 0 Å². The summed E-state index contributed by atoms with van der Waals surface area (Å²) in [4.78, 5) is 11.3. The molecule has 0 fully saturated rings. The third-order valence-electron chi connectivity index (χ3n) is 2.40. The summed E-state index contributed by atoms with van der Waals surface area (Å²) in [6, 6.07) is 10.0. The number of ketones is 1. The molecule has 1 nitrogen and oxygen atoms in total. The molecule has 0 spiro atoms. The van der Waals surface area contributed by atoms with Crippen molar-refractivity contribution in [2.24, 2.45) is 0 Å². The predicted molar refractivity (Wildman–Crippen MR) is 63.8 cm³/mol. The minimum absolute atomic E-state index is 0.0886. The lowest BCUT2D eigenvalue weighted by atomic mass is 9.91. The number of hydrogen-bond acceptors (Lipinski definition) is 1. The van der Waals surface area contributed by atoms with Gasteiger partial charge in [0.2, 0.25) is 0 Å². The van der Waals surface area contributed by atoms with Crippen LogP contribution in [0.3, 0.4) is 0 Å². The van der Waals surface area contributed by atoms with E-state index < -0.39 is 0 Å². The lowest BCUT2D eigenvalue weighted by molar-refractivity contribution is -0.114. The maximum atomic E-state index is 11.3. The molecule has 0 heterocycles. The second kappa shape index (κ2) is 5.97. The smallest absolute Gasteiger partial charge is 0.155 e. The molecule has 0 aromatic heterocycles. The van der Waals surface area contributed by atoms with Gasteiger partial charge in [-0.15, -0.1) is 6.58 Å². The summed E-state index contributed by atoms with van der Waals surface area (Å²) in [5.74, 6) is 0.319. The van der Waals surface area contributed by atoms with Crippen LogP contribution in [0.2, 0.25) is 0 Å². The van der Waals surface area contributed by atoms with E-state index in [9.17, 15) is 4.79 Å². The Balaban J connectivity index is 2.78. The van der Waals surface area contributed by atoms with E-state index in [1.165, 1.54) is 11.6 Å². The third kappa shape index (κ3) is 3.55. The molecule has 0 amide bonds. The first-order chi connectivity index (χ1) is 7.27. The largest absolute Gasteiger partial charge is 0.295 e. The number of allylic oxidation sites excluding steroid dienone is 2. The number of carbonyl (C=O) groups excluding carboxylic acids is 1. The summed E-state index contributed by atoms with van der Waals surface area (Å²) < 4.78 is 0. The first-order valence-corrected chi connectivity index (χ1v) is 5.09. The van der Waals surface area contributed by atoms with E-state index in [0.29, 0.717) is 6.42 Å². The molecule has 1 atom stereocenters. The molecule has 1 unspecified atom stereocenters. The van der Waals surface area contributed by atoms with Crippen molar-refractivity contribution in [1.29, 1.82) is 0 Å². The van der Waals surface area contributed by atoms with Gasteiger partial charge in [0.05, 0.1) is 0 Å². The molecule has 0 saturated carbocycles. The van der Waals surface area contributed by atoms with Gasteiger partial charge in [-0.2, -0.15) is 0 Å². The first kappa shape index (κ1) is 11.4. The van der Waals surface area contributed by atoms with Gasteiger partial charge in [0.1, 0.15) is 0 Å². The molecule has 0 saturated heterocycles. The summed E-state index contributed by atoms with van der Waals surface area (Å²) in [5.41, 5.74) is 1.19. The summed E-state index contributed by atoms with van der Waals surface area (Å²) in [6.45, 7) is 7.21. The van der Waals surface area contributed by atoms with Crippen LogP contribution in [-0.4, -0.2) is 5.78 Å². The summed E-state index contributed by atoms with van der Waals surface area (Å²) >= 11 is 0. The number of benzene rings is 1. The summed E-state index contributed by atoms with van der Waals surface area (Å²) in [6.07, 6.45) is 4.58. The van der Waals surface area contributed by atoms with Gasteiger partial charge in [-0.25, -0.2) is 0 Å². The average Bonchev–Trinajstić information content (AvgIpc) is 2.29. The van der Waals surface area contributed by atoms with Crippen molar-refractivity contribution in [3.05, 3.63) is 61.2 Å². The third-order valence-corrected chi connectivity index (χ3v) is 2.40. The van der Waals surface area contributed by atoms with E-state index in [2.05, 4.69) is 13.2 Å². The van der Waals surface area contributed by atoms with E-state index >= 15 is 0 Å². The Hall–Kier alpha value is -1.63. The highest BCUT2D eigenvalue weighted by Crippen LogP contribution is 2.23. The minimum atomic E-state index is 0.0886. The Morgan fingerprint density at radius 2 is 1.93 bits per heavy atom. The van der Waals surface area contributed by atoms with Crippen LogP contribution in [-0.2, 0) is 4.79 Å². The van der Waals surface area contributed by atoms with Crippen molar-refractivity contribution < 1.29 is 4.79 Å². The van der Waals surface area contributed by atoms with Crippen LogP contribution in [0.1, 0.15) is 24.3 Å². The van der Waals surface area contributed by atoms with Crippen LogP contribution in [0.5, 0.6) is 0 Å². The highest BCUT2D eigenvalue weighted by Gasteiger charge is 2.12. The zero-order valence-corrected chi connectivity index (χ0v) is 8.86. The predicted octanol–water partition coefficient (Wildman–Crippen LogP) is 3.49. The molecule has 0 aliphatic rings. The van der Waals surface area contributed by atoms with E-state index in [0.717, 1.165) is 6.42 Å². The van der Waals surface area contributed by atoms with Crippen LogP contribution in [0.4, 0.5) is 0 Å². The van der Waals surface area contributed by atoms with Crippen LogP contribution >= 0.6 is 0 Å². The maximum absolute atomic E-state index is 11.3. The average molecular weight is 200 g/mol. The molecular weight excluding hydrogens is 184 g/mol. The Morgan fingerprint density at radius 3 is 2.47 bits per heavy atom. The Morgan fingerprint density at radius 1 is 1.27 bits per heavy atom. The van der Waals surface area contributed by atoms with Gasteiger partial charge in [-0.1, -0.05) is 43.0 Å². The zero-order chi connectivity index (χ0) is 11.1. The van der Waals surface area contributed by atoms with Gasteiger partial charge in [0, 0.05) is 6.42 Å². The Bertz CT molecular complexity index is 338. The van der Waals surface area contributed by atoms with Crippen molar-refractivity contribution in [2.45, 2.75) is 18.8 Å². The number of carbonyl (C=O) groups is 1. The van der Waals surface area contributed by atoms with E-state index in [1.807, 2.05) is 36.4 Å². The van der Waals surface area contributed by atoms with Gasteiger partial charge in [0.25, 0.3) is 0 Å². The molecule has 0 aliphatic heterocycles. The van der Waals surface area contributed by atoms with Crippen LogP contribution < -0.4 is 0 Å². The molecule has 0 aliphatic carbocycles. The van der Waals surface area contributed by atoms with Crippen molar-refractivity contribution in [1.82, 2.24) is 0 Å². The lowest BCUT2D eigenvalue weighted by Crippen LogP contribution is -2.04. The molecule has 0 N–H and O–H groups in total. The van der Waals surface area contributed by atoms with Crippen molar-refractivity contribution in [2.75, 3.05) is 0 Å². The molecular formula is C14H16O. The number of hydrogen-bond donors (Lipinski definition) is 0. The standard InChI is InChI=1S/C14H16O/c1-3-8-13(11-14(15)4-2)12-9-6-5-7-10-12/h3-7,9-10,13H,1-2,8,11H2. The molecule has 1 aromatic rings. The first-order valence-electron chi connectivity index (χ1n) is 5.09. The van der Waals surface area contributed by atoms with Crippen LogP contribution in [0.15, 0.2) is 55.6 Å². The van der Waals surface area contributed by atoms with Crippen molar-refractivity contribution >= 4 is 5.78 Å². The van der Waals surface area contributed by atoms with Gasteiger partial charge in [-0.3, -0.25) is 4.79 Å². The van der Waals surface area contributed by atoms with E-state index in [-0.39, 0.29) is 11.7 Å². The highest BCUT2D eigenvalue weighted by molar-refractivity contribution is 5.89. The van der Waals surface area contributed by atoms with Crippen LogP contribution in [0, 0.1) is 0 Å². The lowest BCUT2D eigenvalue weighted by Gasteiger charge is -2.13. The molecule has 1 rings (SSSR count). The van der Waals surface area contributed by atoms with Crippen molar-refractivity contribution in [3.8, 4) is 0 Å². The second-order valence-corrected chi connectivity index (χ2v) is 3.51. The van der Waals surface area contributed by atoms with Gasteiger partial charge in [-0.05, 0) is 24.0 Å². The quantitative estimate of drug-likeness (QED) is 0.507. The minimum Gasteiger partial charge on any atom is -0.295 e. The molecule has 1 aromatic carbocycles. The zero-order valence-electron chi connectivity index (χ0n) is 8.86. The fraction of sp³-hybridized carbons (Fsp3) is 0.214. The Kier molecular flexibility index (Phi) is 4.55. The molecule has 0 radical (unpaired) electrons. The highest BCUT2D eigenvalue weighted by atomic mass is 16.1. The molecule has 1 heteroatoms. The number of rotatable bonds is 6. The van der Waals surface area contributed by atoms with E-state index in [1.54, 1.807) is 0 Å². The molecule has 0 bridgehead atoms. The van der Waals surface area contributed by atoms with Crippen LogP contribution in [0.25, 0.3) is 0 Å². The normalized spacial score (nSPS) is 11.7. The second-order valence-electron chi connectivity index (χ2n) is 3.51. The SMILES string of the molecule is C=CCC(CC(=O)C=C)c1ccccc1. The fourth-order valence-electron chi connectivity index (χ4n) is 1.59. The molecule has 78 valence electrons. The monoisotopic (exact) mass is 200 g/mol. The topological polar surface area (TPSA) is 17.1 Å². The van der Waals surface area contributed by atoms with Gasteiger partial charge >= 0.3 is 0 Å². The van der Waals surface area contributed by atoms with E-state index in [4.69, 9.17) is 0 Å². The van der Waals surface area contributed by atoms with Gasteiger partial charge < -0.3 is 0 Å². The summed E-state index contributed by atoms with van der Waals surface area (Å²) in [5, 5.41) is 0. The fourth-order valence-corrected chi connectivity index (χ4v) is 1.59. The maximum Gasteiger partial charge on any atom is 0.155 e.